The maximum absolute atomic E-state index is 13.3. The van der Waals surface area contributed by atoms with Crippen LogP contribution in [0, 0.1) is 20.8 Å². The summed E-state index contributed by atoms with van der Waals surface area (Å²) in [6, 6.07) is 7.40. The highest BCUT2D eigenvalue weighted by molar-refractivity contribution is 6.07. The van der Waals surface area contributed by atoms with E-state index in [1.165, 1.54) is 0 Å². The van der Waals surface area contributed by atoms with E-state index < -0.39 is 0 Å². The zero-order chi connectivity index (χ0) is 22.8. The SMILES string of the molecule is CCCn1nc(C)c2c(C(=O)NCc3c(C)cc(C)[nH]c3=O)cc(-c3ccncc3)nc21. The number of rotatable bonds is 6. The lowest BCUT2D eigenvalue weighted by molar-refractivity contribution is 0.0952. The van der Waals surface area contributed by atoms with E-state index in [0.29, 0.717) is 29.0 Å². The second-order valence-corrected chi connectivity index (χ2v) is 7.92. The molecule has 8 nitrogen and oxygen atoms in total. The molecule has 32 heavy (non-hydrogen) atoms. The van der Waals surface area contributed by atoms with Crippen molar-refractivity contribution in [2.24, 2.45) is 0 Å². The molecule has 0 aliphatic carbocycles. The summed E-state index contributed by atoms with van der Waals surface area (Å²) < 4.78 is 1.85. The van der Waals surface area contributed by atoms with Crippen LogP contribution in [0.3, 0.4) is 0 Å². The van der Waals surface area contributed by atoms with Gasteiger partial charge in [0.1, 0.15) is 0 Å². The Bertz CT molecular complexity index is 1350. The first-order chi connectivity index (χ1) is 15.4. The number of aromatic amines is 1. The zero-order valence-electron chi connectivity index (χ0n) is 18.7. The van der Waals surface area contributed by atoms with Gasteiger partial charge in [0.05, 0.1) is 22.3 Å². The molecule has 1 amide bonds. The molecule has 0 spiro atoms. The smallest absolute Gasteiger partial charge is 0.253 e. The second-order valence-electron chi connectivity index (χ2n) is 7.92. The van der Waals surface area contributed by atoms with Gasteiger partial charge in [-0.3, -0.25) is 14.6 Å². The summed E-state index contributed by atoms with van der Waals surface area (Å²) in [6.07, 6.45) is 4.29. The fourth-order valence-electron chi connectivity index (χ4n) is 3.94. The van der Waals surface area contributed by atoms with Gasteiger partial charge in [-0.25, -0.2) is 9.67 Å². The lowest BCUT2D eigenvalue weighted by Gasteiger charge is -2.11. The van der Waals surface area contributed by atoms with Crippen molar-refractivity contribution in [1.29, 1.82) is 0 Å². The van der Waals surface area contributed by atoms with Crippen LogP contribution >= 0.6 is 0 Å². The Morgan fingerprint density at radius 3 is 2.59 bits per heavy atom. The molecule has 0 radical (unpaired) electrons. The first-order valence-electron chi connectivity index (χ1n) is 10.6. The molecule has 4 aromatic rings. The lowest BCUT2D eigenvalue weighted by atomic mass is 10.1. The number of aryl methyl sites for hydroxylation is 4. The Hall–Kier alpha value is -3.81. The molecule has 0 unspecified atom stereocenters. The molecule has 0 fully saturated rings. The third kappa shape index (κ3) is 4.03. The fraction of sp³-hybridized carbons (Fsp3) is 0.292. The summed E-state index contributed by atoms with van der Waals surface area (Å²) >= 11 is 0. The molecule has 2 N–H and O–H groups in total. The highest BCUT2D eigenvalue weighted by Crippen LogP contribution is 2.27. The van der Waals surface area contributed by atoms with E-state index in [0.717, 1.165) is 34.3 Å². The summed E-state index contributed by atoms with van der Waals surface area (Å²) in [6.45, 7) is 8.50. The molecule has 0 atom stereocenters. The molecule has 0 bridgehead atoms. The minimum absolute atomic E-state index is 0.136. The van der Waals surface area contributed by atoms with E-state index in [9.17, 15) is 9.59 Å². The van der Waals surface area contributed by atoms with Gasteiger partial charge in [-0.1, -0.05) is 6.92 Å². The van der Waals surface area contributed by atoms with Gasteiger partial charge < -0.3 is 10.3 Å². The number of nitrogens with one attached hydrogen (secondary N) is 2. The van der Waals surface area contributed by atoms with Gasteiger partial charge in [0.15, 0.2) is 5.65 Å². The molecular weight excluding hydrogens is 404 g/mol. The van der Waals surface area contributed by atoms with Crippen LogP contribution in [0.5, 0.6) is 0 Å². The van der Waals surface area contributed by atoms with Gasteiger partial charge in [0.25, 0.3) is 11.5 Å². The van der Waals surface area contributed by atoms with E-state index in [1.54, 1.807) is 18.5 Å². The molecule has 0 aromatic carbocycles. The molecule has 4 rings (SSSR count). The minimum Gasteiger partial charge on any atom is -0.348 e. The Morgan fingerprint density at radius 1 is 1.16 bits per heavy atom. The Labute approximate surface area is 185 Å². The van der Waals surface area contributed by atoms with Crippen molar-refractivity contribution < 1.29 is 4.79 Å². The minimum atomic E-state index is -0.272. The van der Waals surface area contributed by atoms with E-state index in [4.69, 9.17) is 4.98 Å². The van der Waals surface area contributed by atoms with Crippen molar-refractivity contribution >= 4 is 16.9 Å². The summed E-state index contributed by atoms with van der Waals surface area (Å²) in [5.74, 6) is -0.272. The van der Waals surface area contributed by atoms with Gasteiger partial charge >= 0.3 is 0 Å². The predicted molar refractivity (Wildman–Crippen MR) is 123 cm³/mol. The summed E-state index contributed by atoms with van der Waals surface area (Å²) in [5.41, 5.74) is 5.44. The monoisotopic (exact) mass is 430 g/mol. The van der Waals surface area contributed by atoms with Gasteiger partial charge in [-0.15, -0.1) is 0 Å². The molecule has 4 aromatic heterocycles. The van der Waals surface area contributed by atoms with Gasteiger partial charge in [-0.2, -0.15) is 5.10 Å². The van der Waals surface area contributed by atoms with Crippen molar-refractivity contribution in [3.8, 4) is 11.3 Å². The number of hydrogen-bond donors (Lipinski definition) is 2. The third-order valence-corrected chi connectivity index (χ3v) is 5.45. The average Bonchev–Trinajstić information content (AvgIpc) is 3.08. The van der Waals surface area contributed by atoms with Gasteiger partial charge in [0, 0.05) is 42.3 Å². The van der Waals surface area contributed by atoms with Crippen LogP contribution in [0.15, 0.2) is 41.5 Å². The van der Waals surface area contributed by atoms with Crippen LogP contribution in [0.2, 0.25) is 0 Å². The Kier molecular flexibility index (Phi) is 5.85. The van der Waals surface area contributed by atoms with Crippen molar-refractivity contribution in [2.45, 2.75) is 47.2 Å². The van der Waals surface area contributed by atoms with Crippen LogP contribution in [0.4, 0.5) is 0 Å². The first-order valence-corrected chi connectivity index (χ1v) is 10.6. The fourth-order valence-corrected chi connectivity index (χ4v) is 3.94. The number of nitrogens with zero attached hydrogens (tertiary/aromatic N) is 4. The molecule has 164 valence electrons. The van der Waals surface area contributed by atoms with Gasteiger partial charge in [-0.05, 0) is 57.0 Å². The average molecular weight is 431 g/mol. The Morgan fingerprint density at radius 2 is 1.91 bits per heavy atom. The van der Waals surface area contributed by atoms with Gasteiger partial charge in [0.2, 0.25) is 0 Å². The van der Waals surface area contributed by atoms with Crippen LogP contribution in [-0.2, 0) is 13.1 Å². The number of pyridine rings is 3. The topological polar surface area (TPSA) is 106 Å². The van der Waals surface area contributed by atoms with Crippen molar-refractivity contribution in [1.82, 2.24) is 30.0 Å². The molecule has 0 saturated heterocycles. The largest absolute Gasteiger partial charge is 0.348 e. The molecule has 4 heterocycles. The third-order valence-electron chi connectivity index (χ3n) is 5.45. The molecule has 0 aliphatic rings. The highest BCUT2D eigenvalue weighted by Gasteiger charge is 2.20. The van der Waals surface area contributed by atoms with Crippen molar-refractivity contribution in [3.63, 3.8) is 0 Å². The standard InChI is InChI=1S/C24H26N6O2/c1-5-10-30-22-21(16(4)29-30)18(12-20(28-22)17-6-8-25-9-7-17)23(31)26-13-19-14(2)11-15(3)27-24(19)32/h6-9,11-12H,5,10,13H2,1-4H3,(H,26,31)(H,27,32). The van der Waals surface area contributed by atoms with Crippen molar-refractivity contribution in [3.05, 3.63) is 75.1 Å². The molecular formula is C24H26N6O2. The van der Waals surface area contributed by atoms with Crippen LogP contribution in [0.1, 0.15) is 46.2 Å². The molecule has 0 aliphatic heterocycles. The zero-order valence-corrected chi connectivity index (χ0v) is 18.7. The number of hydrogen-bond acceptors (Lipinski definition) is 5. The first kappa shape index (κ1) is 21.4. The van der Waals surface area contributed by atoms with Crippen LogP contribution < -0.4 is 10.9 Å². The summed E-state index contributed by atoms with van der Waals surface area (Å²) in [5, 5.41) is 8.27. The number of carbonyl (C=O) groups excluding carboxylic acids is 1. The summed E-state index contributed by atoms with van der Waals surface area (Å²) in [4.78, 5) is 37.4. The lowest BCUT2D eigenvalue weighted by Crippen LogP contribution is -2.28. The number of carbonyl (C=O) groups is 1. The Balaban J connectivity index is 1.78. The van der Waals surface area contributed by atoms with E-state index in [-0.39, 0.29) is 18.0 Å². The van der Waals surface area contributed by atoms with E-state index in [1.807, 2.05) is 43.7 Å². The predicted octanol–water partition coefficient (Wildman–Crippen LogP) is 3.45. The number of fused-ring (bicyclic) bond motifs is 1. The second kappa shape index (κ2) is 8.74. The number of amides is 1. The highest BCUT2D eigenvalue weighted by atomic mass is 16.1. The normalized spacial score (nSPS) is 11.1. The van der Waals surface area contributed by atoms with Crippen LogP contribution in [0.25, 0.3) is 22.3 Å². The number of aromatic nitrogens is 5. The summed E-state index contributed by atoms with van der Waals surface area (Å²) in [7, 11) is 0. The van der Waals surface area contributed by atoms with Crippen molar-refractivity contribution in [2.75, 3.05) is 0 Å². The van der Waals surface area contributed by atoms with E-state index >= 15 is 0 Å². The quantitative estimate of drug-likeness (QED) is 0.487. The maximum atomic E-state index is 13.3. The maximum Gasteiger partial charge on any atom is 0.253 e. The molecule has 8 heteroatoms. The van der Waals surface area contributed by atoms with Crippen LogP contribution in [-0.4, -0.2) is 30.6 Å². The number of H-pyrrole nitrogens is 1. The molecule has 0 saturated carbocycles. The van der Waals surface area contributed by atoms with E-state index in [2.05, 4.69) is 27.3 Å².